The summed E-state index contributed by atoms with van der Waals surface area (Å²) in [5.41, 5.74) is 0. The summed E-state index contributed by atoms with van der Waals surface area (Å²) in [6.45, 7) is 2.48. The number of hydrogen-bond acceptors (Lipinski definition) is 3. The van der Waals surface area contributed by atoms with Crippen LogP contribution in [-0.2, 0) is 0 Å². The highest BCUT2D eigenvalue weighted by Crippen LogP contribution is 2.18. The lowest BCUT2D eigenvalue weighted by molar-refractivity contribution is 1.28. The van der Waals surface area contributed by atoms with Gasteiger partial charge in [-0.25, -0.2) is 4.98 Å². The van der Waals surface area contributed by atoms with Crippen molar-refractivity contribution < 1.29 is 0 Å². The minimum Gasteiger partial charge on any atom is -0.351 e. The molecule has 0 saturated heterocycles. The highest BCUT2D eigenvalue weighted by atomic mass is 79.9. The van der Waals surface area contributed by atoms with E-state index >= 15 is 0 Å². The summed E-state index contributed by atoms with van der Waals surface area (Å²) in [6, 6.07) is 0. The van der Waals surface area contributed by atoms with Gasteiger partial charge in [0.1, 0.15) is 4.60 Å². The standard InChI is InChI=1S/C7H7BrN2S/c1-2-3-4-9-7-10-6(8)5-11-7/h5H,4H2,1H3,(H,9,10). The number of rotatable bonds is 2. The Morgan fingerprint density at radius 2 is 2.64 bits per heavy atom. The molecule has 0 saturated carbocycles. The van der Waals surface area contributed by atoms with Crippen molar-refractivity contribution in [1.82, 2.24) is 4.98 Å². The molecule has 0 unspecified atom stereocenters. The number of hydrogen-bond donors (Lipinski definition) is 1. The molecule has 0 aliphatic heterocycles. The molecule has 0 amide bonds. The van der Waals surface area contributed by atoms with Crippen LogP contribution >= 0.6 is 27.3 Å². The summed E-state index contributed by atoms with van der Waals surface area (Å²) in [5, 5.41) is 5.90. The third kappa shape index (κ3) is 2.91. The lowest BCUT2D eigenvalue weighted by atomic mass is 10.6. The normalized spacial score (nSPS) is 8.55. The van der Waals surface area contributed by atoms with Crippen LogP contribution in [0.15, 0.2) is 9.98 Å². The molecule has 0 radical (unpaired) electrons. The van der Waals surface area contributed by atoms with Gasteiger partial charge in [0, 0.05) is 5.38 Å². The Bertz CT molecular complexity index is 284. The van der Waals surface area contributed by atoms with E-state index < -0.39 is 0 Å². The first-order valence-corrected chi connectivity index (χ1v) is 4.74. The predicted octanol–water partition coefficient (Wildman–Crippen LogP) is 2.34. The van der Waals surface area contributed by atoms with Gasteiger partial charge in [-0.3, -0.25) is 0 Å². The van der Waals surface area contributed by atoms with Gasteiger partial charge >= 0.3 is 0 Å². The van der Waals surface area contributed by atoms with Gasteiger partial charge in [-0.15, -0.1) is 17.3 Å². The van der Waals surface area contributed by atoms with Crippen LogP contribution in [0, 0.1) is 11.8 Å². The molecule has 1 heterocycles. The van der Waals surface area contributed by atoms with E-state index in [0.717, 1.165) is 9.73 Å². The van der Waals surface area contributed by atoms with Crippen LogP contribution in [0.25, 0.3) is 0 Å². The van der Waals surface area contributed by atoms with Crippen LogP contribution in [0.1, 0.15) is 6.92 Å². The van der Waals surface area contributed by atoms with Gasteiger partial charge in [-0.1, -0.05) is 5.92 Å². The largest absolute Gasteiger partial charge is 0.351 e. The molecule has 0 aliphatic carbocycles. The van der Waals surface area contributed by atoms with Crippen LogP contribution in [0.2, 0.25) is 0 Å². The lowest BCUT2D eigenvalue weighted by Gasteiger charge is -1.92. The van der Waals surface area contributed by atoms with Crippen molar-refractivity contribution in [3.8, 4) is 11.8 Å². The summed E-state index contributed by atoms with van der Waals surface area (Å²) < 4.78 is 0.870. The van der Waals surface area contributed by atoms with Crippen molar-refractivity contribution in [3.05, 3.63) is 9.98 Å². The smallest absolute Gasteiger partial charge is 0.184 e. The zero-order chi connectivity index (χ0) is 8.10. The average molecular weight is 231 g/mol. The van der Waals surface area contributed by atoms with E-state index in [-0.39, 0.29) is 0 Å². The maximum Gasteiger partial charge on any atom is 0.184 e. The molecule has 11 heavy (non-hydrogen) atoms. The molecule has 0 bridgehead atoms. The Labute approximate surface area is 78.2 Å². The van der Waals surface area contributed by atoms with Crippen LogP contribution in [0.4, 0.5) is 5.13 Å². The van der Waals surface area contributed by atoms with Crippen molar-refractivity contribution in [1.29, 1.82) is 0 Å². The topological polar surface area (TPSA) is 24.9 Å². The summed E-state index contributed by atoms with van der Waals surface area (Å²) in [4.78, 5) is 4.14. The van der Waals surface area contributed by atoms with Gasteiger partial charge in [0.25, 0.3) is 0 Å². The summed E-state index contributed by atoms with van der Waals surface area (Å²) >= 11 is 4.83. The molecule has 4 heteroatoms. The Morgan fingerprint density at radius 1 is 1.82 bits per heavy atom. The van der Waals surface area contributed by atoms with Crippen molar-refractivity contribution in [2.75, 3.05) is 11.9 Å². The minimum absolute atomic E-state index is 0.663. The fourth-order valence-corrected chi connectivity index (χ4v) is 1.69. The number of nitrogens with zero attached hydrogens (tertiary/aromatic N) is 1. The number of halogens is 1. The maximum atomic E-state index is 4.14. The Hall–Kier alpha value is -0.530. The Morgan fingerprint density at radius 3 is 3.18 bits per heavy atom. The van der Waals surface area contributed by atoms with Crippen molar-refractivity contribution in [2.24, 2.45) is 0 Å². The second-order valence-corrected chi connectivity index (χ2v) is 3.43. The number of anilines is 1. The first-order valence-electron chi connectivity index (χ1n) is 3.07. The van der Waals surface area contributed by atoms with E-state index in [0.29, 0.717) is 6.54 Å². The molecule has 0 aliphatic rings. The van der Waals surface area contributed by atoms with E-state index in [1.165, 1.54) is 0 Å². The zero-order valence-corrected chi connectivity index (χ0v) is 8.42. The first kappa shape index (κ1) is 8.57. The van der Waals surface area contributed by atoms with Gasteiger partial charge in [-0.05, 0) is 22.9 Å². The highest BCUT2D eigenvalue weighted by Gasteiger charge is 1.94. The third-order valence-corrected chi connectivity index (χ3v) is 2.49. The molecule has 0 aromatic carbocycles. The SMILES string of the molecule is CC#CCNc1nc(Br)cs1. The van der Waals surface area contributed by atoms with Gasteiger partial charge in [0.05, 0.1) is 6.54 Å². The van der Waals surface area contributed by atoms with Gasteiger partial charge in [0.2, 0.25) is 0 Å². The molecule has 1 aromatic rings. The van der Waals surface area contributed by atoms with E-state index in [4.69, 9.17) is 0 Å². The third-order valence-electron chi connectivity index (χ3n) is 0.981. The zero-order valence-electron chi connectivity index (χ0n) is 6.02. The molecule has 1 rings (SSSR count). The first-order chi connectivity index (χ1) is 5.33. The van der Waals surface area contributed by atoms with Gasteiger partial charge in [0.15, 0.2) is 5.13 Å². The Kier molecular flexibility index (Phi) is 3.40. The monoisotopic (exact) mass is 230 g/mol. The molecule has 0 spiro atoms. The van der Waals surface area contributed by atoms with E-state index in [2.05, 4.69) is 38.1 Å². The quantitative estimate of drug-likeness (QED) is 0.790. The van der Waals surface area contributed by atoms with E-state index in [9.17, 15) is 0 Å². The molecule has 58 valence electrons. The average Bonchev–Trinajstić information content (AvgIpc) is 2.37. The second-order valence-electron chi connectivity index (χ2n) is 1.76. The van der Waals surface area contributed by atoms with Crippen molar-refractivity contribution >= 4 is 32.4 Å². The summed E-state index contributed by atoms with van der Waals surface area (Å²) in [7, 11) is 0. The molecular weight excluding hydrogens is 224 g/mol. The second kappa shape index (κ2) is 4.37. The number of aromatic nitrogens is 1. The lowest BCUT2D eigenvalue weighted by Crippen LogP contribution is -1.97. The number of nitrogens with one attached hydrogen (secondary N) is 1. The van der Waals surface area contributed by atoms with Crippen molar-refractivity contribution in [2.45, 2.75) is 6.92 Å². The van der Waals surface area contributed by atoms with Gasteiger partial charge in [-0.2, -0.15) is 0 Å². The molecule has 1 aromatic heterocycles. The fourth-order valence-electron chi connectivity index (χ4n) is 0.544. The highest BCUT2D eigenvalue weighted by molar-refractivity contribution is 9.10. The minimum atomic E-state index is 0.663. The molecular formula is C7H7BrN2S. The van der Waals surface area contributed by atoms with Crippen LogP contribution in [0.3, 0.4) is 0 Å². The predicted molar refractivity (Wildman–Crippen MR) is 51.8 cm³/mol. The van der Waals surface area contributed by atoms with Crippen LogP contribution in [-0.4, -0.2) is 11.5 Å². The van der Waals surface area contributed by atoms with Crippen LogP contribution < -0.4 is 5.32 Å². The van der Waals surface area contributed by atoms with Gasteiger partial charge < -0.3 is 5.32 Å². The maximum absolute atomic E-state index is 4.14. The van der Waals surface area contributed by atoms with E-state index in [1.54, 1.807) is 11.3 Å². The summed E-state index contributed by atoms with van der Waals surface area (Å²) in [5.74, 6) is 5.69. The van der Waals surface area contributed by atoms with Crippen LogP contribution in [0.5, 0.6) is 0 Å². The van der Waals surface area contributed by atoms with Crippen molar-refractivity contribution in [3.63, 3.8) is 0 Å². The molecule has 1 N–H and O–H groups in total. The fraction of sp³-hybridized carbons (Fsp3) is 0.286. The Balaban J connectivity index is 2.43. The summed E-state index contributed by atoms with van der Waals surface area (Å²) in [6.07, 6.45) is 0. The number of thiazole rings is 1. The molecule has 0 atom stereocenters. The molecule has 0 fully saturated rings. The molecule has 2 nitrogen and oxygen atoms in total. The van der Waals surface area contributed by atoms with E-state index in [1.807, 2.05) is 12.3 Å².